The summed E-state index contributed by atoms with van der Waals surface area (Å²) >= 11 is 10.2. The predicted molar refractivity (Wildman–Crippen MR) is 71.5 cm³/mol. The van der Waals surface area contributed by atoms with Crippen molar-refractivity contribution in [3.8, 4) is 0 Å². The number of thiophene rings is 1. The van der Waals surface area contributed by atoms with E-state index in [9.17, 15) is 13.2 Å². The van der Waals surface area contributed by atoms with Crippen LogP contribution in [0.5, 0.6) is 0 Å². The van der Waals surface area contributed by atoms with Gasteiger partial charge in [-0.3, -0.25) is 4.79 Å². The molecule has 1 aliphatic rings. The maximum absolute atomic E-state index is 12.3. The molecule has 2 rings (SSSR count). The minimum atomic E-state index is -3.70. The zero-order valence-electron chi connectivity index (χ0n) is 8.97. The summed E-state index contributed by atoms with van der Waals surface area (Å²) in [6.07, 6.45) is 0.331. The third-order valence-corrected chi connectivity index (χ3v) is 6.74. The van der Waals surface area contributed by atoms with E-state index in [-0.39, 0.29) is 22.3 Å². The van der Waals surface area contributed by atoms with E-state index in [0.717, 1.165) is 11.3 Å². The molecule has 1 fully saturated rings. The van der Waals surface area contributed by atoms with E-state index in [1.807, 2.05) is 0 Å². The quantitative estimate of drug-likeness (QED) is 0.880. The fraction of sp³-hybridized carbons (Fsp3) is 0.444. The van der Waals surface area contributed by atoms with Crippen LogP contribution in [-0.2, 0) is 14.8 Å². The van der Waals surface area contributed by atoms with Crippen LogP contribution in [0.4, 0.5) is 0 Å². The smallest absolute Gasteiger partial charge is 0.307 e. The Morgan fingerprint density at radius 1 is 1.61 bits per heavy atom. The summed E-state index contributed by atoms with van der Waals surface area (Å²) in [7, 11) is -3.70. The van der Waals surface area contributed by atoms with E-state index in [4.69, 9.17) is 16.7 Å². The molecule has 1 aliphatic heterocycles. The minimum absolute atomic E-state index is 0.00145. The first-order valence-electron chi connectivity index (χ1n) is 5.00. The molecule has 0 radical (unpaired) electrons. The van der Waals surface area contributed by atoms with Crippen molar-refractivity contribution in [1.29, 1.82) is 0 Å². The van der Waals surface area contributed by atoms with Crippen LogP contribution in [-0.4, -0.2) is 36.9 Å². The molecule has 5 nitrogen and oxygen atoms in total. The second kappa shape index (κ2) is 5.09. The topological polar surface area (TPSA) is 74.7 Å². The van der Waals surface area contributed by atoms with Crippen LogP contribution in [0.3, 0.4) is 0 Å². The summed E-state index contributed by atoms with van der Waals surface area (Å²) in [5.41, 5.74) is 0. The van der Waals surface area contributed by atoms with Gasteiger partial charge in [-0.25, -0.2) is 8.42 Å². The number of carboxylic acids is 1. The average molecular weight is 375 g/mol. The van der Waals surface area contributed by atoms with Gasteiger partial charge in [0.25, 0.3) is 0 Å². The summed E-state index contributed by atoms with van der Waals surface area (Å²) < 4.78 is 26.5. The first kappa shape index (κ1) is 14.3. The highest BCUT2D eigenvalue weighted by Crippen LogP contribution is 2.37. The molecule has 0 aromatic carbocycles. The number of nitrogens with zero attached hydrogens (tertiary/aromatic N) is 1. The van der Waals surface area contributed by atoms with Gasteiger partial charge < -0.3 is 5.11 Å². The van der Waals surface area contributed by atoms with Gasteiger partial charge in [0, 0.05) is 13.1 Å². The van der Waals surface area contributed by atoms with Crippen molar-refractivity contribution >= 4 is 54.9 Å². The van der Waals surface area contributed by atoms with Crippen LogP contribution in [0.1, 0.15) is 6.42 Å². The van der Waals surface area contributed by atoms with E-state index in [1.165, 1.54) is 10.4 Å². The Kier molecular flexibility index (Phi) is 4.03. The molecule has 1 aromatic rings. The van der Waals surface area contributed by atoms with Gasteiger partial charge in [-0.05, 0) is 28.4 Å². The van der Waals surface area contributed by atoms with E-state index in [2.05, 4.69) is 15.9 Å². The van der Waals surface area contributed by atoms with Crippen molar-refractivity contribution in [2.45, 2.75) is 11.3 Å². The first-order chi connectivity index (χ1) is 8.32. The second-order valence-electron chi connectivity index (χ2n) is 3.88. The van der Waals surface area contributed by atoms with Gasteiger partial charge in [-0.2, -0.15) is 4.31 Å². The summed E-state index contributed by atoms with van der Waals surface area (Å²) in [6, 6.07) is 1.44. The van der Waals surface area contributed by atoms with Crippen molar-refractivity contribution in [3.63, 3.8) is 0 Å². The lowest BCUT2D eigenvalue weighted by molar-refractivity contribution is -0.141. The van der Waals surface area contributed by atoms with Crippen LogP contribution >= 0.6 is 38.9 Å². The molecule has 1 saturated heterocycles. The molecule has 1 N–H and O–H groups in total. The Labute approximate surface area is 122 Å². The molecule has 0 amide bonds. The number of hydrogen-bond donors (Lipinski definition) is 1. The van der Waals surface area contributed by atoms with Gasteiger partial charge in [-0.1, -0.05) is 11.6 Å². The number of rotatable bonds is 3. The highest BCUT2D eigenvalue weighted by atomic mass is 79.9. The lowest BCUT2D eigenvalue weighted by Crippen LogP contribution is -2.30. The monoisotopic (exact) mass is 373 g/mol. The Balaban J connectivity index is 2.28. The van der Waals surface area contributed by atoms with Crippen molar-refractivity contribution in [2.75, 3.05) is 13.1 Å². The molecule has 0 aliphatic carbocycles. The average Bonchev–Trinajstić information content (AvgIpc) is 2.85. The van der Waals surface area contributed by atoms with Crippen LogP contribution in [0.15, 0.2) is 14.7 Å². The second-order valence-corrected chi connectivity index (χ2v) is 8.82. The minimum Gasteiger partial charge on any atom is -0.481 e. The Hall–Kier alpha value is -0.150. The number of aliphatic carboxylic acids is 1. The molecular formula is C9H9BrClNO4S2. The largest absolute Gasteiger partial charge is 0.481 e. The Morgan fingerprint density at radius 2 is 2.28 bits per heavy atom. The standard InChI is InChI=1S/C9H9BrClNO4S2/c10-7-3-6(8(11)17-7)18(15,16)12-2-1-5(4-12)9(13)14/h3,5H,1-2,4H2,(H,13,14). The molecule has 1 aromatic heterocycles. The van der Waals surface area contributed by atoms with E-state index in [1.54, 1.807) is 0 Å². The SMILES string of the molecule is O=C(O)C1CCN(S(=O)(=O)c2cc(Br)sc2Cl)C1. The van der Waals surface area contributed by atoms with E-state index >= 15 is 0 Å². The van der Waals surface area contributed by atoms with Gasteiger partial charge >= 0.3 is 5.97 Å². The van der Waals surface area contributed by atoms with Crippen LogP contribution in [0.2, 0.25) is 4.34 Å². The maximum Gasteiger partial charge on any atom is 0.307 e. The molecule has 0 bridgehead atoms. The van der Waals surface area contributed by atoms with Gasteiger partial charge in [0.2, 0.25) is 10.0 Å². The Bertz CT molecular complexity index is 585. The van der Waals surface area contributed by atoms with Gasteiger partial charge in [0.15, 0.2) is 0 Å². The van der Waals surface area contributed by atoms with Crippen LogP contribution in [0.25, 0.3) is 0 Å². The van der Waals surface area contributed by atoms with E-state index in [0.29, 0.717) is 10.2 Å². The molecule has 18 heavy (non-hydrogen) atoms. The van der Waals surface area contributed by atoms with Crippen molar-refractivity contribution in [1.82, 2.24) is 4.31 Å². The predicted octanol–water partition coefficient (Wildman–Crippen LogP) is 2.26. The number of halogens is 2. The van der Waals surface area contributed by atoms with Crippen LogP contribution < -0.4 is 0 Å². The van der Waals surface area contributed by atoms with Crippen molar-refractivity contribution < 1.29 is 18.3 Å². The number of sulfonamides is 1. The Morgan fingerprint density at radius 3 is 2.72 bits per heavy atom. The summed E-state index contributed by atoms with van der Waals surface area (Å²) in [5.74, 6) is -1.61. The molecule has 0 saturated carbocycles. The van der Waals surface area contributed by atoms with Gasteiger partial charge in [0.1, 0.15) is 9.23 Å². The molecule has 1 unspecified atom stereocenters. The summed E-state index contributed by atoms with van der Waals surface area (Å²) in [5, 5.41) is 8.87. The lowest BCUT2D eigenvalue weighted by Gasteiger charge is -2.15. The molecule has 2 heterocycles. The van der Waals surface area contributed by atoms with Gasteiger partial charge in [0.05, 0.1) is 9.70 Å². The number of carboxylic acid groups (broad SMARTS) is 1. The zero-order valence-corrected chi connectivity index (χ0v) is 12.9. The third-order valence-electron chi connectivity index (χ3n) is 2.74. The fourth-order valence-electron chi connectivity index (χ4n) is 1.79. The number of hydrogen-bond acceptors (Lipinski definition) is 4. The van der Waals surface area contributed by atoms with Gasteiger partial charge in [-0.15, -0.1) is 11.3 Å². The molecule has 100 valence electrons. The molecule has 0 spiro atoms. The van der Waals surface area contributed by atoms with Crippen LogP contribution in [0, 0.1) is 5.92 Å². The first-order valence-corrected chi connectivity index (χ1v) is 8.43. The lowest BCUT2D eigenvalue weighted by atomic mass is 10.1. The highest BCUT2D eigenvalue weighted by Gasteiger charge is 2.37. The molecular weight excluding hydrogens is 366 g/mol. The van der Waals surface area contributed by atoms with Crippen molar-refractivity contribution in [2.24, 2.45) is 5.92 Å². The molecule has 9 heteroatoms. The number of carbonyl (C=O) groups is 1. The normalized spacial score (nSPS) is 21.3. The summed E-state index contributed by atoms with van der Waals surface area (Å²) in [4.78, 5) is 10.9. The zero-order chi connectivity index (χ0) is 13.5. The molecule has 1 atom stereocenters. The maximum atomic E-state index is 12.3. The van der Waals surface area contributed by atoms with Crippen molar-refractivity contribution in [3.05, 3.63) is 14.2 Å². The fourth-order valence-corrected chi connectivity index (χ4v) is 6.02. The highest BCUT2D eigenvalue weighted by molar-refractivity contribution is 9.11. The summed E-state index contributed by atoms with van der Waals surface area (Å²) in [6.45, 7) is 0.213. The van der Waals surface area contributed by atoms with E-state index < -0.39 is 21.9 Å². The third kappa shape index (κ3) is 2.57.